The van der Waals surface area contributed by atoms with Gasteiger partial charge in [0.15, 0.2) is 0 Å². The molecule has 0 radical (unpaired) electrons. The van der Waals surface area contributed by atoms with Gasteiger partial charge in [0.25, 0.3) is 5.69 Å². The molecule has 2 aromatic carbocycles. The molecule has 0 spiro atoms. The Morgan fingerprint density at radius 3 is 2.45 bits per heavy atom. The van der Waals surface area contributed by atoms with Gasteiger partial charge in [-0.05, 0) is 24.1 Å². The van der Waals surface area contributed by atoms with Crippen LogP contribution in [0.3, 0.4) is 0 Å². The Morgan fingerprint density at radius 2 is 1.75 bits per heavy atom. The highest BCUT2D eigenvalue weighted by atomic mass is 16.6. The molecule has 5 heteroatoms. The quantitative estimate of drug-likeness (QED) is 0.646. The van der Waals surface area contributed by atoms with E-state index in [2.05, 4.69) is 10.6 Å². The van der Waals surface area contributed by atoms with Gasteiger partial charge in [0.1, 0.15) is 0 Å². The van der Waals surface area contributed by atoms with Crippen molar-refractivity contribution in [1.82, 2.24) is 0 Å². The molecule has 0 fully saturated rings. The zero-order valence-electron chi connectivity index (χ0n) is 10.9. The Balaban J connectivity index is 1.85. The fourth-order valence-electron chi connectivity index (χ4n) is 2.45. The number of para-hydroxylation sites is 2. The van der Waals surface area contributed by atoms with Crippen molar-refractivity contribution >= 4 is 17.1 Å². The van der Waals surface area contributed by atoms with Gasteiger partial charge in [0.05, 0.1) is 22.3 Å². The van der Waals surface area contributed by atoms with Gasteiger partial charge in [0.2, 0.25) is 0 Å². The third-order valence-electron chi connectivity index (χ3n) is 3.51. The minimum absolute atomic E-state index is 0.126. The average molecular weight is 269 g/mol. The van der Waals surface area contributed by atoms with Gasteiger partial charge in [-0.1, -0.05) is 24.3 Å². The molecule has 0 aromatic heterocycles. The van der Waals surface area contributed by atoms with Crippen LogP contribution in [0.4, 0.5) is 17.1 Å². The van der Waals surface area contributed by atoms with E-state index >= 15 is 0 Å². The Labute approximate surface area is 116 Å². The lowest BCUT2D eigenvalue weighted by Gasteiger charge is -2.17. The highest BCUT2D eigenvalue weighted by Crippen LogP contribution is 2.31. The van der Waals surface area contributed by atoms with Crippen LogP contribution >= 0.6 is 0 Å². The lowest BCUT2D eigenvalue weighted by molar-refractivity contribution is -0.384. The van der Waals surface area contributed by atoms with Crippen molar-refractivity contribution < 1.29 is 4.92 Å². The second-order valence-corrected chi connectivity index (χ2v) is 4.81. The topological polar surface area (TPSA) is 67.2 Å². The summed E-state index contributed by atoms with van der Waals surface area (Å²) in [7, 11) is 0. The number of nitrogens with zero attached hydrogens (tertiary/aromatic N) is 1. The number of nitrogens with one attached hydrogen (secondary N) is 2. The summed E-state index contributed by atoms with van der Waals surface area (Å²) in [5, 5.41) is 17.6. The molecule has 3 rings (SSSR count). The molecule has 0 unspecified atom stereocenters. The first-order valence-corrected chi connectivity index (χ1v) is 6.58. The van der Waals surface area contributed by atoms with E-state index in [0.29, 0.717) is 0 Å². The van der Waals surface area contributed by atoms with Gasteiger partial charge in [-0.3, -0.25) is 10.1 Å². The van der Waals surface area contributed by atoms with E-state index in [1.807, 2.05) is 36.4 Å². The van der Waals surface area contributed by atoms with Crippen LogP contribution in [0.15, 0.2) is 48.5 Å². The summed E-state index contributed by atoms with van der Waals surface area (Å²) in [5.41, 5.74) is 3.35. The first kappa shape index (κ1) is 12.5. The number of non-ortho nitro benzene ring substituents is 1. The van der Waals surface area contributed by atoms with Crippen LogP contribution in [0.1, 0.15) is 18.0 Å². The van der Waals surface area contributed by atoms with Gasteiger partial charge < -0.3 is 10.6 Å². The predicted octanol–water partition coefficient (Wildman–Crippen LogP) is 3.56. The molecule has 102 valence electrons. The normalized spacial score (nSPS) is 17.3. The monoisotopic (exact) mass is 269 g/mol. The summed E-state index contributed by atoms with van der Waals surface area (Å²) >= 11 is 0. The van der Waals surface area contributed by atoms with Crippen LogP contribution in [-0.4, -0.2) is 11.5 Å². The van der Waals surface area contributed by atoms with Gasteiger partial charge >= 0.3 is 0 Å². The molecular weight excluding hydrogens is 254 g/mol. The predicted molar refractivity (Wildman–Crippen MR) is 79.0 cm³/mol. The first-order chi connectivity index (χ1) is 9.74. The number of fused-ring (bicyclic) bond motifs is 1. The fourth-order valence-corrected chi connectivity index (χ4v) is 2.45. The molecule has 2 aromatic rings. The molecule has 20 heavy (non-hydrogen) atoms. The lowest BCUT2D eigenvalue weighted by Crippen LogP contribution is -2.11. The summed E-state index contributed by atoms with van der Waals surface area (Å²) in [6, 6.07) is 15.0. The maximum absolute atomic E-state index is 10.7. The van der Waals surface area contributed by atoms with E-state index in [-0.39, 0.29) is 16.7 Å². The summed E-state index contributed by atoms with van der Waals surface area (Å²) in [6.45, 7) is 0.867. The van der Waals surface area contributed by atoms with Crippen LogP contribution in [0.5, 0.6) is 0 Å². The summed E-state index contributed by atoms with van der Waals surface area (Å²) in [4.78, 5) is 10.3. The van der Waals surface area contributed by atoms with Crippen LogP contribution < -0.4 is 10.6 Å². The molecule has 1 aliphatic heterocycles. The number of hydrogen-bond donors (Lipinski definition) is 2. The number of rotatable bonds is 2. The number of hydrogen-bond acceptors (Lipinski definition) is 4. The van der Waals surface area contributed by atoms with Gasteiger partial charge in [-0.25, -0.2) is 0 Å². The maximum Gasteiger partial charge on any atom is 0.269 e. The largest absolute Gasteiger partial charge is 0.383 e. The van der Waals surface area contributed by atoms with Crippen molar-refractivity contribution in [2.75, 3.05) is 17.2 Å². The van der Waals surface area contributed by atoms with E-state index < -0.39 is 0 Å². The average Bonchev–Trinajstić information content (AvgIpc) is 2.69. The maximum atomic E-state index is 10.7. The number of nitro benzene ring substituents is 1. The molecule has 1 aliphatic rings. The van der Waals surface area contributed by atoms with Crippen molar-refractivity contribution in [1.29, 1.82) is 0 Å². The summed E-state index contributed by atoms with van der Waals surface area (Å²) in [5.74, 6) is 0. The Kier molecular flexibility index (Phi) is 3.25. The van der Waals surface area contributed by atoms with E-state index in [1.54, 1.807) is 12.1 Å². The minimum Gasteiger partial charge on any atom is -0.383 e. The molecule has 0 aliphatic carbocycles. The molecule has 0 bridgehead atoms. The smallest absolute Gasteiger partial charge is 0.269 e. The van der Waals surface area contributed by atoms with Crippen molar-refractivity contribution in [2.24, 2.45) is 0 Å². The number of benzene rings is 2. The van der Waals surface area contributed by atoms with E-state index in [1.165, 1.54) is 0 Å². The Morgan fingerprint density at radius 1 is 1.05 bits per heavy atom. The van der Waals surface area contributed by atoms with Crippen LogP contribution in [0, 0.1) is 10.1 Å². The second-order valence-electron chi connectivity index (χ2n) is 4.81. The zero-order valence-corrected chi connectivity index (χ0v) is 10.9. The Bertz CT molecular complexity index is 625. The zero-order chi connectivity index (χ0) is 13.9. The molecule has 2 N–H and O–H groups in total. The first-order valence-electron chi connectivity index (χ1n) is 6.58. The van der Waals surface area contributed by atoms with Gasteiger partial charge in [-0.15, -0.1) is 0 Å². The minimum atomic E-state index is -0.374. The molecule has 0 saturated carbocycles. The van der Waals surface area contributed by atoms with Crippen LogP contribution in [0.25, 0.3) is 0 Å². The summed E-state index contributed by atoms with van der Waals surface area (Å²) < 4.78 is 0. The number of anilines is 2. The van der Waals surface area contributed by atoms with Crippen molar-refractivity contribution in [3.8, 4) is 0 Å². The number of nitro groups is 1. The lowest BCUT2D eigenvalue weighted by atomic mass is 10.0. The molecular formula is C15H15N3O2. The summed E-state index contributed by atoms with van der Waals surface area (Å²) in [6.07, 6.45) is 0.923. The van der Waals surface area contributed by atoms with Gasteiger partial charge in [0, 0.05) is 18.7 Å². The van der Waals surface area contributed by atoms with E-state index in [0.717, 1.165) is 29.9 Å². The van der Waals surface area contributed by atoms with E-state index in [4.69, 9.17) is 0 Å². The Hall–Kier alpha value is -2.56. The molecule has 0 saturated heterocycles. The third-order valence-corrected chi connectivity index (χ3v) is 3.51. The highest BCUT2D eigenvalue weighted by Gasteiger charge is 2.17. The molecule has 5 nitrogen and oxygen atoms in total. The third kappa shape index (κ3) is 2.42. The van der Waals surface area contributed by atoms with Crippen LogP contribution in [-0.2, 0) is 0 Å². The molecule has 1 heterocycles. The SMILES string of the molecule is O=[N+]([O-])c1ccc([C@@H]2CCNc3ccccc3N2)cc1. The van der Waals surface area contributed by atoms with Crippen LogP contribution in [0.2, 0.25) is 0 Å². The standard InChI is InChI=1S/C15H15N3O2/c19-18(20)12-7-5-11(6-8-12)13-9-10-16-14-3-1-2-4-15(14)17-13/h1-8,13,16-17H,9-10H2/t13-/m0/s1. The fraction of sp³-hybridized carbons (Fsp3) is 0.200. The highest BCUT2D eigenvalue weighted by molar-refractivity contribution is 5.70. The van der Waals surface area contributed by atoms with Crippen molar-refractivity contribution in [3.05, 3.63) is 64.2 Å². The molecule has 0 amide bonds. The van der Waals surface area contributed by atoms with Crippen molar-refractivity contribution in [3.63, 3.8) is 0 Å². The van der Waals surface area contributed by atoms with Crippen molar-refractivity contribution in [2.45, 2.75) is 12.5 Å². The molecule has 1 atom stereocenters. The van der Waals surface area contributed by atoms with E-state index in [9.17, 15) is 10.1 Å². The second kappa shape index (κ2) is 5.21. The van der Waals surface area contributed by atoms with Gasteiger partial charge in [-0.2, -0.15) is 0 Å².